The number of hydrogen-bond donors (Lipinski definition) is 3. The van der Waals surface area contributed by atoms with E-state index in [1.54, 1.807) is 31.2 Å². The number of benzene rings is 3. The van der Waals surface area contributed by atoms with E-state index in [4.69, 9.17) is 32.8 Å². The second-order valence-electron chi connectivity index (χ2n) is 9.27. The zero-order chi connectivity index (χ0) is 28.8. The summed E-state index contributed by atoms with van der Waals surface area (Å²) < 4.78 is 5.79. The van der Waals surface area contributed by atoms with Crippen molar-refractivity contribution in [3.63, 3.8) is 0 Å². The van der Waals surface area contributed by atoms with Crippen molar-refractivity contribution in [3.8, 4) is 11.5 Å². The van der Waals surface area contributed by atoms with Gasteiger partial charge in [-0.25, -0.2) is 15.0 Å². The van der Waals surface area contributed by atoms with Crippen LogP contribution in [-0.4, -0.2) is 34.8 Å². The minimum Gasteiger partial charge on any atom is -0.457 e. The second-order valence-corrected chi connectivity index (χ2v) is 10.7. The Labute approximate surface area is 247 Å². The summed E-state index contributed by atoms with van der Waals surface area (Å²) in [6.45, 7) is 3.61. The van der Waals surface area contributed by atoms with Gasteiger partial charge in [0.05, 0.1) is 10.6 Å². The van der Waals surface area contributed by atoms with Gasteiger partial charge in [0, 0.05) is 41.5 Å². The Morgan fingerprint density at radius 1 is 1.02 bits per heavy atom. The minimum atomic E-state index is -0.325. The lowest BCUT2D eigenvalue weighted by Crippen LogP contribution is -2.37. The van der Waals surface area contributed by atoms with Crippen molar-refractivity contribution in [1.82, 2.24) is 9.97 Å². The van der Waals surface area contributed by atoms with E-state index >= 15 is 0 Å². The Kier molecular flexibility index (Phi) is 8.71. The number of hydrogen-bond acceptors (Lipinski definition) is 8. The number of allylic oxidation sites excluding steroid dienone is 1. The van der Waals surface area contributed by atoms with E-state index in [1.807, 2.05) is 60.7 Å². The Morgan fingerprint density at radius 3 is 2.44 bits per heavy atom. The number of aliphatic imine (C=N–C) groups is 1. The molecular formula is C30H28ClN7O2S. The highest BCUT2D eigenvalue weighted by atomic mass is 35.5. The van der Waals surface area contributed by atoms with E-state index in [0.717, 1.165) is 30.2 Å². The Bertz CT molecular complexity index is 1600. The first-order chi connectivity index (χ1) is 19.8. The number of nitrogens with two attached hydrogens (primary N) is 2. The number of amidine groups is 1. The molecule has 4 aromatic rings. The number of halogens is 1. The normalized spacial score (nSPS) is 13.5. The largest absolute Gasteiger partial charge is 0.457 e. The lowest BCUT2D eigenvalue weighted by atomic mass is 10.2. The lowest BCUT2D eigenvalue weighted by Gasteiger charge is -2.32. The van der Waals surface area contributed by atoms with Crippen molar-refractivity contribution in [2.24, 2.45) is 16.5 Å². The van der Waals surface area contributed by atoms with Gasteiger partial charge < -0.3 is 26.4 Å². The van der Waals surface area contributed by atoms with Crippen molar-refractivity contribution >= 4 is 52.4 Å². The topological polar surface area (TPSA) is 132 Å². The van der Waals surface area contributed by atoms with E-state index in [2.05, 4.69) is 20.2 Å². The summed E-state index contributed by atoms with van der Waals surface area (Å²) in [5.74, 6) is 2.43. The Morgan fingerprint density at radius 2 is 1.78 bits per heavy atom. The molecule has 1 saturated heterocycles. The molecule has 0 radical (unpaired) electrons. The van der Waals surface area contributed by atoms with Crippen LogP contribution in [0.2, 0.25) is 5.02 Å². The molecule has 11 heteroatoms. The van der Waals surface area contributed by atoms with Crippen molar-refractivity contribution < 1.29 is 9.53 Å². The number of amides is 1. The molecule has 1 aromatic heterocycles. The average Bonchev–Trinajstić information content (AvgIpc) is 2.89. The van der Waals surface area contributed by atoms with Gasteiger partial charge in [0.15, 0.2) is 11.0 Å². The molecule has 1 aliphatic heterocycles. The summed E-state index contributed by atoms with van der Waals surface area (Å²) in [5.41, 5.74) is 13.2. The maximum absolute atomic E-state index is 12.9. The summed E-state index contributed by atoms with van der Waals surface area (Å²) in [5, 5.41) is 3.71. The van der Waals surface area contributed by atoms with Crippen LogP contribution in [0.15, 0.2) is 106 Å². The third-order valence-electron chi connectivity index (χ3n) is 5.96. The molecule has 0 saturated carbocycles. The number of anilines is 2. The fourth-order valence-corrected chi connectivity index (χ4v) is 4.90. The Balaban J connectivity index is 1.26. The number of carbonyl (C=O) groups is 1. The van der Waals surface area contributed by atoms with Crippen LogP contribution >= 0.6 is 23.4 Å². The van der Waals surface area contributed by atoms with Crippen molar-refractivity contribution in [2.45, 2.75) is 23.4 Å². The number of nitrogens with one attached hydrogen (secondary N) is 1. The van der Waals surface area contributed by atoms with E-state index in [9.17, 15) is 4.79 Å². The van der Waals surface area contributed by atoms with Crippen molar-refractivity contribution in [2.75, 3.05) is 23.3 Å². The smallest absolute Gasteiger partial charge is 0.257 e. The molecule has 3 aromatic carbocycles. The van der Waals surface area contributed by atoms with Crippen LogP contribution < -0.4 is 26.4 Å². The zero-order valence-electron chi connectivity index (χ0n) is 22.3. The summed E-state index contributed by atoms with van der Waals surface area (Å²) >= 11 is 7.79. The van der Waals surface area contributed by atoms with E-state index < -0.39 is 0 Å². The fraction of sp³-hybridized carbons (Fsp3) is 0.133. The van der Waals surface area contributed by atoms with Crippen LogP contribution in [0.5, 0.6) is 11.5 Å². The van der Waals surface area contributed by atoms with Crippen molar-refractivity contribution in [3.05, 3.63) is 101 Å². The highest BCUT2D eigenvalue weighted by molar-refractivity contribution is 7.99. The molecule has 41 heavy (non-hydrogen) atoms. The molecule has 1 aliphatic rings. The first kappa shape index (κ1) is 28.0. The van der Waals surface area contributed by atoms with Gasteiger partial charge in [-0.1, -0.05) is 29.8 Å². The minimum absolute atomic E-state index is 0.271. The van der Waals surface area contributed by atoms with Gasteiger partial charge in [0.25, 0.3) is 5.91 Å². The second kappa shape index (κ2) is 12.8. The molecule has 0 spiro atoms. The monoisotopic (exact) mass is 585 g/mol. The summed E-state index contributed by atoms with van der Waals surface area (Å²) in [6, 6.07) is 23.5. The summed E-state index contributed by atoms with van der Waals surface area (Å²) in [4.78, 5) is 29.6. The molecule has 0 atom stereocenters. The van der Waals surface area contributed by atoms with E-state index in [0.29, 0.717) is 44.4 Å². The highest BCUT2D eigenvalue weighted by Crippen LogP contribution is 2.32. The van der Waals surface area contributed by atoms with Gasteiger partial charge in [-0.15, -0.1) is 0 Å². The lowest BCUT2D eigenvalue weighted by molar-refractivity contribution is 0.102. The number of para-hydroxylation sites is 1. The predicted molar refractivity (Wildman–Crippen MR) is 165 cm³/mol. The van der Waals surface area contributed by atoms with Crippen LogP contribution in [0.25, 0.3) is 0 Å². The molecule has 2 heterocycles. The Hall–Kier alpha value is -4.54. The van der Waals surface area contributed by atoms with Gasteiger partial charge in [-0.3, -0.25) is 4.79 Å². The maximum atomic E-state index is 12.9. The fourth-order valence-electron chi connectivity index (χ4n) is 3.89. The van der Waals surface area contributed by atoms with E-state index in [-0.39, 0.29) is 11.7 Å². The molecule has 0 unspecified atom stereocenters. The van der Waals surface area contributed by atoms with Gasteiger partial charge in [-0.05, 0) is 79.7 Å². The number of rotatable bonds is 9. The predicted octanol–water partition coefficient (Wildman–Crippen LogP) is 6.39. The maximum Gasteiger partial charge on any atom is 0.257 e. The van der Waals surface area contributed by atoms with Crippen LogP contribution in [0, 0.1) is 0 Å². The number of carbonyl (C=O) groups excluding carboxylic acids is 1. The first-order valence-corrected chi connectivity index (χ1v) is 14.1. The summed E-state index contributed by atoms with van der Waals surface area (Å²) in [7, 11) is 0. The standard InChI is InChI=1S/C30H28ClN7O2S/c1-19(32)16-26(33)35-27-18-28(38-14-5-15-38)37-30(36-27)41-23-11-8-20(9-12-23)34-29(39)24-13-10-22(17-25(24)31)40-21-6-3-2-4-7-21/h2-4,6-13,16-18H,5,14-15,32H2,1H3,(H,34,39)(H2,33,35,36,37)/b19-16-. The van der Waals surface area contributed by atoms with Crippen LogP contribution in [0.3, 0.4) is 0 Å². The molecule has 9 nitrogen and oxygen atoms in total. The number of nitrogens with zero attached hydrogens (tertiary/aromatic N) is 4. The third kappa shape index (κ3) is 7.56. The van der Waals surface area contributed by atoms with Crippen LogP contribution in [0.4, 0.5) is 17.3 Å². The van der Waals surface area contributed by atoms with Crippen LogP contribution in [0.1, 0.15) is 23.7 Å². The molecule has 5 rings (SSSR count). The quantitative estimate of drug-likeness (QED) is 0.117. The number of aromatic nitrogens is 2. The van der Waals surface area contributed by atoms with Crippen LogP contribution in [-0.2, 0) is 0 Å². The molecule has 1 amide bonds. The highest BCUT2D eigenvalue weighted by Gasteiger charge is 2.18. The summed E-state index contributed by atoms with van der Waals surface area (Å²) in [6.07, 6.45) is 2.71. The number of ether oxygens (including phenoxy) is 1. The van der Waals surface area contributed by atoms with Gasteiger partial charge in [0.2, 0.25) is 0 Å². The molecular weight excluding hydrogens is 558 g/mol. The third-order valence-corrected chi connectivity index (χ3v) is 7.15. The van der Waals surface area contributed by atoms with Gasteiger partial charge >= 0.3 is 0 Å². The first-order valence-electron chi connectivity index (χ1n) is 12.9. The SMILES string of the molecule is C/C(N)=C/C(N)=N/c1cc(N2CCC2)nc(Sc2ccc(NC(=O)c3ccc(Oc4ccccc4)cc3Cl)cc2)n1. The van der Waals surface area contributed by atoms with Crippen molar-refractivity contribution in [1.29, 1.82) is 0 Å². The molecule has 1 fully saturated rings. The molecule has 208 valence electrons. The van der Waals surface area contributed by atoms with Gasteiger partial charge in [0.1, 0.15) is 23.2 Å². The molecule has 0 bridgehead atoms. The molecule has 5 N–H and O–H groups in total. The van der Waals surface area contributed by atoms with Gasteiger partial charge in [-0.2, -0.15) is 0 Å². The zero-order valence-corrected chi connectivity index (χ0v) is 23.8. The average molecular weight is 586 g/mol. The van der Waals surface area contributed by atoms with E-state index in [1.165, 1.54) is 11.8 Å². The molecule has 0 aliphatic carbocycles.